The van der Waals surface area contributed by atoms with Crippen molar-refractivity contribution in [3.05, 3.63) is 46.7 Å². The molecule has 3 N–H and O–H groups in total. The zero-order valence-corrected chi connectivity index (χ0v) is 10.9. The van der Waals surface area contributed by atoms with Gasteiger partial charge in [0.15, 0.2) is 0 Å². The van der Waals surface area contributed by atoms with Crippen LogP contribution < -0.4 is 11.1 Å². The maximum Gasteiger partial charge on any atom is 0.0922 e. The third-order valence-electron chi connectivity index (χ3n) is 3.39. The van der Waals surface area contributed by atoms with E-state index in [1.807, 2.05) is 12.1 Å². The lowest BCUT2D eigenvalue weighted by Gasteiger charge is -2.14. The summed E-state index contributed by atoms with van der Waals surface area (Å²) in [4.78, 5) is 0. The number of halogens is 1. The van der Waals surface area contributed by atoms with Crippen LogP contribution in [0.25, 0.3) is 0 Å². The molecule has 0 fully saturated rings. The molecule has 17 heavy (non-hydrogen) atoms. The van der Waals surface area contributed by atoms with Crippen LogP contribution in [0.2, 0.25) is 5.02 Å². The number of nitrogens with two attached hydrogens (primary N) is 1. The summed E-state index contributed by atoms with van der Waals surface area (Å²) >= 11 is 5.88. The van der Waals surface area contributed by atoms with E-state index in [-0.39, 0.29) is 0 Å². The Bertz CT molecular complexity index is 397. The van der Waals surface area contributed by atoms with Crippen LogP contribution in [0.15, 0.2) is 36.2 Å². The summed E-state index contributed by atoms with van der Waals surface area (Å²) in [5.74, 6) is 1.99. The fourth-order valence-corrected chi connectivity index (χ4v) is 2.35. The van der Waals surface area contributed by atoms with Gasteiger partial charge >= 0.3 is 0 Å². The highest BCUT2D eigenvalue weighted by Crippen LogP contribution is 2.25. The van der Waals surface area contributed by atoms with E-state index in [2.05, 4.69) is 30.4 Å². The lowest BCUT2D eigenvalue weighted by atomic mass is 9.92. The average Bonchev–Trinajstić information content (AvgIpc) is 2.73. The van der Waals surface area contributed by atoms with Crippen LogP contribution in [0, 0.1) is 5.92 Å². The van der Waals surface area contributed by atoms with Crippen LogP contribution >= 0.6 is 11.6 Å². The molecule has 0 aliphatic carbocycles. The highest BCUT2D eigenvalue weighted by molar-refractivity contribution is 6.30. The molecule has 1 aliphatic rings. The summed E-state index contributed by atoms with van der Waals surface area (Å²) in [6.45, 7) is 3.25. The van der Waals surface area contributed by atoms with Gasteiger partial charge in [-0.3, -0.25) is 0 Å². The van der Waals surface area contributed by atoms with Crippen molar-refractivity contribution in [2.24, 2.45) is 11.7 Å². The van der Waals surface area contributed by atoms with E-state index in [0.29, 0.717) is 11.8 Å². The van der Waals surface area contributed by atoms with Crippen molar-refractivity contribution in [3.63, 3.8) is 0 Å². The molecule has 0 aromatic heterocycles. The van der Waals surface area contributed by atoms with Crippen LogP contribution in [-0.4, -0.2) is 6.54 Å². The molecule has 0 bridgehead atoms. The van der Waals surface area contributed by atoms with Crippen LogP contribution in [0.5, 0.6) is 0 Å². The van der Waals surface area contributed by atoms with Gasteiger partial charge in [0.25, 0.3) is 0 Å². The molecule has 1 aromatic carbocycles. The maximum absolute atomic E-state index is 5.88. The molecule has 1 aliphatic heterocycles. The molecule has 1 heterocycles. The second kappa shape index (κ2) is 5.46. The normalized spacial score (nSPS) is 20.8. The maximum atomic E-state index is 5.88. The standard InChI is InChI=1S/C14H19ClN2/c1-10(12-4-6-13(15)7-5-12)2-3-11-8-14(16)17-9-11/h4-8,10-11,17H,2-3,9,16H2,1H3/t10-,11-/m0/s1. The minimum absolute atomic E-state index is 0.572. The zero-order chi connectivity index (χ0) is 12.3. The van der Waals surface area contributed by atoms with E-state index >= 15 is 0 Å². The second-order valence-corrected chi connectivity index (χ2v) is 5.23. The molecule has 2 rings (SSSR count). The van der Waals surface area contributed by atoms with E-state index < -0.39 is 0 Å². The number of benzene rings is 1. The van der Waals surface area contributed by atoms with Crippen molar-refractivity contribution in [1.82, 2.24) is 5.32 Å². The van der Waals surface area contributed by atoms with Gasteiger partial charge in [-0.1, -0.05) is 30.7 Å². The molecule has 1 aromatic rings. The fraction of sp³-hybridized carbons (Fsp3) is 0.429. The summed E-state index contributed by atoms with van der Waals surface area (Å²) in [6, 6.07) is 8.15. The molecular formula is C14H19ClN2. The Morgan fingerprint density at radius 3 is 2.71 bits per heavy atom. The Balaban J connectivity index is 1.85. The third kappa shape index (κ3) is 3.40. The first-order valence-corrected chi connectivity index (χ1v) is 6.49. The van der Waals surface area contributed by atoms with Crippen molar-refractivity contribution in [2.45, 2.75) is 25.7 Å². The van der Waals surface area contributed by atoms with E-state index in [1.165, 1.54) is 18.4 Å². The van der Waals surface area contributed by atoms with Gasteiger partial charge in [-0.05, 0) is 48.4 Å². The zero-order valence-electron chi connectivity index (χ0n) is 10.1. The monoisotopic (exact) mass is 250 g/mol. The molecule has 0 spiro atoms. The highest BCUT2D eigenvalue weighted by atomic mass is 35.5. The van der Waals surface area contributed by atoms with Gasteiger partial charge in [0.2, 0.25) is 0 Å². The van der Waals surface area contributed by atoms with Crippen molar-refractivity contribution in [3.8, 4) is 0 Å². The number of hydrogen-bond donors (Lipinski definition) is 2. The predicted octanol–water partition coefficient (Wildman–Crippen LogP) is 3.24. The Labute approximate surface area is 108 Å². The molecule has 0 radical (unpaired) electrons. The van der Waals surface area contributed by atoms with Gasteiger partial charge < -0.3 is 11.1 Å². The summed E-state index contributed by atoms with van der Waals surface area (Å²) in [5.41, 5.74) is 7.05. The molecule has 0 amide bonds. The summed E-state index contributed by atoms with van der Waals surface area (Å²) in [5, 5.41) is 3.96. The smallest absolute Gasteiger partial charge is 0.0922 e. The van der Waals surface area contributed by atoms with Gasteiger partial charge in [-0.15, -0.1) is 0 Å². The van der Waals surface area contributed by atoms with Gasteiger partial charge in [0.1, 0.15) is 0 Å². The average molecular weight is 251 g/mol. The van der Waals surface area contributed by atoms with Gasteiger partial charge in [0.05, 0.1) is 5.82 Å². The highest BCUT2D eigenvalue weighted by Gasteiger charge is 2.14. The Kier molecular flexibility index (Phi) is 3.95. The molecule has 0 unspecified atom stereocenters. The van der Waals surface area contributed by atoms with Crippen molar-refractivity contribution >= 4 is 11.6 Å². The van der Waals surface area contributed by atoms with Crippen molar-refractivity contribution in [1.29, 1.82) is 0 Å². The largest absolute Gasteiger partial charge is 0.386 e. The Morgan fingerprint density at radius 1 is 1.41 bits per heavy atom. The molecule has 2 nitrogen and oxygen atoms in total. The van der Waals surface area contributed by atoms with E-state index in [9.17, 15) is 0 Å². The number of hydrogen-bond acceptors (Lipinski definition) is 2. The van der Waals surface area contributed by atoms with Crippen molar-refractivity contribution < 1.29 is 0 Å². The van der Waals surface area contributed by atoms with Crippen molar-refractivity contribution in [2.75, 3.05) is 6.54 Å². The van der Waals surface area contributed by atoms with Gasteiger partial charge in [0, 0.05) is 11.6 Å². The molecule has 92 valence electrons. The Morgan fingerprint density at radius 2 is 2.12 bits per heavy atom. The quantitative estimate of drug-likeness (QED) is 0.861. The molecule has 0 saturated carbocycles. The van der Waals surface area contributed by atoms with E-state index in [1.54, 1.807) is 0 Å². The van der Waals surface area contributed by atoms with Crippen LogP contribution in [0.3, 0.4) is 0 Å². The van der Waals surface area contributed by atoms with E-state index in [4.69, 9.17) is 17.3 Å². The first kappa shape index (κ1) is 12.3. The van der Waals surface area contributed by atoms with Gasteiger partial charge in [-0.2, -0.15) is 0 Å². The molecule has 0 saturated heterocycles. The first-order valence-electron chi connectivity index (χ1n) is 6.12. The first-order chi connectivity index (χ1) is 8.15. The molecular weight excluding hydrogens is 232 g/mol. The van der Waals surface area contributed by atoms with Gasteiger partial charge in [-0.25, -0.2) is 0 Å². The van der Waals surface area contributed by atoms with E-state index in [0.717, 1.165) is 17.4 Å². The Hall–Kier alpha value is -1.15. The summed E-state index contributed by atoms with van der Waals surface area (Å²) in [6.07, 6.45) is 4.49. The number of rotatable bonds is 4. The second-order valence-electron chi connectivity index (χ2n) is 4.79. The molecule has 2 atom stereocenters. The third-order valence-corrected chi connectivity index (χ3v) is 3.65. The van der Waals surface area contributed by atoms with Crippen LogP contribution in [0.4, 0.5) is 0 Å². The minimum Gasteiger partial charge on any atom is -0.386 e. The fourth-order valence-electron chi connectivity index (χ4n) is 2.23. The topological polar surface area (TPSA) is 38.0 Å². The number of nitrogens with one attached hydrogen (secondary N) is 1. The lowest BCUT2D eigenvalue weighted by molar-refractivity contribution is 0.529. The lowest BCUT2D eigenvalue weighted by Crippen LogP contribution is -2.16. The summed E-state index contributed by atoms with van der Waals surface area (Å²) < 4.78 is 0. The van der Waals surface area contributed by atoms with Crippen LogP contribution in [0.1, 0.15) is 31.2 Å². The predicted molar refractivity (Wildman–Crippen MR) is 72.9 cm³/mol. The summed E-state index contributed by atoms with van der Waals surface area (Å²) in [7, 11) is 0. The SMILES string of the molecule is C[C@@H](CC[C@H]1C=C(N)NC1)c1ccc(Cl)cc1. The minimum atomic E-state index is 0.572. The molecule has 3 heteroatoms. The van der Waals surface area contributed by atoms with Crippen LogP contribution in [-0.2, 0) is 0 Å².